The predicted octanol–water partition coefficient (Wildman–Crippen LogP) is 1.45. The van der Waals surface area contributed by atoms with Crippen molar-refractivity contribution in [1.82, 2.24) is 0 Å². The highest BCUT2D eigenvalue weighted by molar-refractivity contribution is 5.82. The normalized spacial score (nSPS) is 23.7. The van der Waals surface area contributed by atoms with Gasteiger partial charge < -0.3 is 20.5 Å². The maximum atomic E-state index is 11.6. The minimum atomic E-state index is -0.637. The molecule has 0 spiro atoms. The number of nitrogens with two attached hydrogens (primary N) is 1. The highest BCUT2D eigenvalue weighted by Crippen LogP contribution is 2.39. The maximum Gasteiger partial charge on any atom is 0.225 e. The third-order valence-corrected chi connectivity index (χ3v) is 4.09. The minimum Gasteiger partial charge on any atom is -0.496 e. The van der Waals surface area contributed by atoms with Crippen LogP contribution in [0.15, 0.2) is 18.2 Å². The van der Waals surface area contributed by atoms with Crippen LogP contribution in [0, 0.1) is 5.41 Å². The molecule has 0 aliphatic carbocycles. The van der Waals surface area contributed by atoms with E-state index in [9.17, 15) is 9.90 Å². The van der Waals surface area contributed by atoms with Crippen LogP contribution in [-0.2, 0) is 4.79 Å². The van der Waals surface area contributed by atoms with E-state index in [2.05, 4.69) is 4.90 Å². The molecule has 1 unspecified atom stereocenters. The van der Waals surface area contributed by atoms with Crippen molar-refractivity contribution < 1.29 is 14.6 Å². The lowest BCUT2D eigenvalue weighted by Gasteiger charge is -2.26. The topological polar surface area (TPSA) is 75.8 Å². The van der Waals surface area contributed by atoms with Gasteiger partial charge in [-0.1, -0.05) is 6.07 Å². The maximum absolute atomic E-state index is 11.6. The summed E-state index contributed by atoms with van der Waals surface area (Å²) < 4.78 is 5.33. The molecule has 3 N–H and O–H groups in total. The van der Waals surface area contributed by atoms with E-state index >= 15 is 0 Å². The van der Waals surface area contributed by atoms with Gasteiger partial charge in [-0.2, -0.15) is 0 Å². The molecule has 1 aromatic rings. The Balaban J connectivity index is 2.37. The van der Waals surface area contributed by atoms with Gasteiger partial charge in [-0.25, -0.2) is 0 Å². The zero-order valence-corrected chi connectivity index (χ0v) is 12.2. The van der Waals surface area contributed by atoms with E-state index in [1.807, 2.05) is 25.1 Å². The van der Waals surface area contributed by atoms with E-state index in [1.54, 1.807) is 14.0 Å². The minimum absolute atomic E-state index is 0.276. The van der Waals surface area contributed by atoms with Gasteiger partial charge in [-0.05, 0) is 32.4 Å². The summed E-state index contributed by atoms with van der Waals surface area (Å²) in [5.41, 5.74) is 6.63. The van der Waals surface area contributed by atoms with Gasteiger partial charge in [-0.15, -0.1) is 0 Å². The monoisotopic (exact) mass is 278 g/mol. The molecule has 5 nitrogen and oxygen atoms in total. The number of carbonyl (C=O) groups is 1. The quantitative estimate of drug-likeness (QED) is 0.874. The van der Waals surface area contributed by atoms with Gasteiger partial charge in [0.1, 0.15) is 5.75 Å². The van der Waals surface area contributed by atoms with E-state index < -0.39 is 11.5 Å². The Kier molecular flexibility index (Phi) is 3.90. The van der Waals surface area contributed by atoms with Gasteiger partial charge in [0, 0.05) is 24.3 Å². The summed E-state index contributed by atoms with van der Waals surface area (Å²) in [5.74, 6) is 0.381. The first-order valence-electron chi connectivity index (χ1n) is 6.79. The van der Waals surface area contributed by atoms with Crippen molar-refractivity contribution in [1.29, 1.82) is 0 Å². The lowest BCUT2D eigenvalue weighted by Crippen LogP contribution is -2.37. The van der Waals surface area contributed by atoms with E-state index in [1.165, 1.54) is 0 Å². The van der Waals surface area contributed by atoms with Gasteiger partial charge in [-0.3, -0.25) is 4.79 Å². The number of methoxy groups -OCH3 is 1. The lowest BCUT2D eigenvalue weighted by molar-refractivity contribution is -0.125. The summed E-state index contributed by atoms with van der Waals surface area (Å²) in [5, 5.41) is 10.0. The molecular weight excluding hydrogens is 256 g/mol. The third kappa shape index (κ3) is 2.45. The molecule has 1 aliphatic heterocycles. The SMILES string of the molecule is COc1cccc(N2CCC(C)(C(N)=O)C2)c1[C@@H](C)O. The molecule has 1 heterocycles. The largest absolute Gasteiger partial charge is 0.496 e. The van der Waals surface area contributed by atoms with Crippen molar-refractivity contribution in [3.05, 3.63) is 23.8 Å². The Labute approximate surface area is 119 Å². The Hall–Kier alpha value is -1.75. The number of benzene rings is 1. The van der Waals surface area contributed by atoms with Gasteiger partial charge in [0.25, 0.3) is 0 Å². The number of rotatable bonds is 4. The van der Waals surface area contributed by atoms with E-state index in [0.717, 1.165) is 24.2 Å². The molecule has 0 bridgehead atoms. The van der Waals surface area contributed by atoms with Crippen LogP contribution in [0.1, 0.15) is 31.9 Å². The first-order chi connectivity index (χ1) is 9.39. The molecule has 2 atom stereocenters. The summed E-state index contributed by atoms with van der Waals surface area (Å²) in [6, 6.07) is 5.66. The predicted molar refractivity (Wildman–Crippen MR) is 77.8 cm³/mol. The average Bonchev–Trinajstić information content (AvgIpc) is 2.81. The van der Waals surface area contributed by atoms with Crippen molar-refractivity contribution in [2.45, 2.75) is 26.4 Å². The third-order valence-electron chi connectivity index (χ3n) is 4.09. The second kappa shape index (κ2) is 5.32. The van der Waals surface area contributed by atoms with Crippen LogP contribution in [0.25, 0.3) is 0 Å². The smallest absolute Gasteiger partial charge is 0.225 e. The fraction of sp³-hybridized carbons (Fsp3) is 0.533. The Morgan fingerprint density at radius 3 is 2.75 bits per heavy atom. The highest BCUT2D eigenvalue weighted by Gasteiger charge is 2.39. The summed E-state index contributed by atoms with van der Waals surface area (Å²) in [6.45, 7) is 4.91. The first kappa shape index (κ1) is 14.7. The van der Waals surface area contributed by atoms with Crippen LogP contribution in [0.3, 0.4) is 0 Å². The second-order valence-corrected chi connectivity index (χ2v) is 5.67. The summed E-state index contributed by atoms with van der Waals surface area (Å²) >= 11 is 0. The molecule has 2 rings (SSSR count). The molecule has 20 heavy (non-hydrogen) atoms. The number of aliphatic hydroxyl groups excluding tert-OH is 1. The standard InChI is InChI=1S/C15H22N2O3/c1-10(18)13-11(5-4-6-12(13)20-3)17-8-7-15(2,9-17)14(16)19/h4-6,10,18H,7-9H2,1-3H3,(H2,16,19)/t10-,15?/m1/s1. The fourth-order valence-corrected chi connectivity index (χ4v) is 2.77. The number of hydrogen-bond donors (Lipinski definition) is 2. The molecule has 1 saturated heterocycles. The molecule has 0 radical (unpaired) electrons. The number of hydrogen-bond acceptors (Lipinski definition) is 4. The van der Waals surface area contributed by atoms with Crippen molar-refractivity contribution in [3.63, 3.8) is 0 Å². The van der Waals surface area contributed by atoms with Gasteiger partial charge in [0.2, 0.25) is 5.91 Å². The molecule has 110 valence electrons. The zero-order chi connectivity index (χ0) is 14.9. The lowest BCUT2D eigenvalue weighted by atomic mass is 9.89. The molecule has 1 aliphatic rings. The van der Waals surface area contributed by atoms with Crippen molar-refractivity contribution in [2.75, 3.05) is 25.1 Å². The van der Waals surface area contributed by atoms with Crippen LogP contribution in [0.4, 0.5) is 5.69 Å². The van der Waals surface area contributed by atoms with Crippen molar-refractivity contribution in [3.8, 4) is 5.75 Å². The van der Waals surface area contributed by atoms with Crippen LogP contribution < -0.4 is 15.4 Å². The average molecular weight is 278 g/mol. The van der Waals surface area contributed by atoms with Crippen LogP contribution in [0.5, 0.6) is 5.75 Å². The van der Waals surface area contributed by atoms with E-state index in [0.29, 0.717) is 12.3 Å². The Morgan fingerprint density at radius 1 is 1.55 bits per heavy atom. The Morgan fingerprint density at radius 2 is 2.25 bits per heavy atom. The summed E-state index contributed by atoms with van der Waals surface area (Å²) in [7, 11) is 1.59. The molecule has 1 aromatic carbocycles. The fourth-order valence-electron chi connectivity index (χ4n) is 2.77. The van der Waals surface area contributed by atoms with E-state index in [4.69, 9.17) is 10.5 Å². The molecule has 1 fully saturated rings. The Bertz CT molecular complexity index is 516. The van der Waals surface area contributed by atoms with Gasteiger partial charge >= 0.3 is 0 Å². The summed E-state index contributed by atoms with van der Waals surface area (Å²) in [4.78, 5) is 13.7. The van der Waals surface area contributed by atoms with Gasteiger partial charge in [0.15, 0.2) is 0 Å². The molecular formula is C15H22N2O3. The number of primary amides is 1. The van der Waals surface area contributed by atoms with Crippen LogP contribution in [-0.4, -0.2) is 31.2 Å². The summed E-state index contributed by atoms with van der Waals surface area (Å²) in [6.07, 6.45) is 0.0836. The number of nitrogens with zero attached hydrogens (tertiary/aromatic N) is 1. The number of aliphatic hydroxyl groups is 1. The van der Waals surface area contributed by atoms with E-state index in [-0.39, 0.29) is 5.91 Å². The number of ether oxygens (including phenoxy) is 1. The number of carbonyl (C=O) groups excluding carboxylic acids is 1. The second-order valence-electron chi connectivity index (χ2n) is 5.67. The molecule has 0 aromatic heterocycles. The number of amides is 1. The van der Waals surface area contributed by atoms with Gasteiger partial charge in [0.05, 0.1) is 18.6 Å². The molecule has 1 amide bonds. The van der Waals surface area contributed by atoms with Crippen molar-refractivity contribution in [2.24, 2.45) is 11.1 Å². The highest BCUT2D eigenvalue weighted by atomic mass is 16.5. The number of anilines is 1. The van der Waals surface area contributed by atoms with Crippen molar-refractivity contribution >= 4 is 11.6 Å². The zero-order valence-electron chi connectivity index (χ0n) is 12.2. The first-order valence-corrected chi connectivity index (χ1v) is 6.79. The van der Waals surface area contributed by atoms with Crippen LogP contribution >= 0.6 is 0 Å². The molecule has 5 heteroatoms. The molecule has 0 saturated carbocycles. The van der Waals surface area contributed by atoms with Crippen LogP contribution in [0.2, 0.25) is 0 Å².